The zero-order valence-electron chi connectivity index (χ0n) is 42.2. The number of rotatable bonds is 8. The van der Waals surface area contributed by atoms with Gasteiger partial charge in [0.25, 0.3) is 0 Å². The van der Waals surface area contributed by atoms with Crippen molar-refractivity contribution >= 4 is 28.4 Å². The largest absolute Gasteiger partial charge is 0.314 e. The van der Waals surface area contributed by atoms with Gasteiger partial charge in [0.15, 0.2) is 0 Å². The summed E-state index contributed by atoms with van der Waals surface area (Å²) in [6.45, 7) is 18.0. The number of aryl methyl sites for hydroxylation is 6. The molecule has 71 heavy (non-hydrogen) atoms. The minimum atomic E-state index is -0.672. The molecular weight excluding hydrogens is 857 g/mol. The van der Waals surface area contributed by atoms with Crippen LogP contribution in [0.2, 0.25) is 0 Å². The molecule has 3 aliphatic rings. The van der Waals surface area contributed by atoms with Gasteiger partial charge in [-0.05, 0) is 240 Å². The summed E-state index contributed by atoms with van der Waals surface area (Å²) in [6.07, 6.45) is 5.65. The summed E-state index contributed by atoms with van der Waals surface area (Å²) in [4.78, 5) is 5.03. The van der Waals surface area contributed by atoms with Crippen LogP contribution in [-0.4, -0.2) is 0 Å². The van der Waals surface area contributed by atoms with Crippen molar-refractivity contribution < 1.29 is 0 Å². The molecule has 0 saturated heterocycles. The molecule has 0 N–H and O–H groups in total. The van der Waals surface area contributed by atoms with Crippen LogP contribution in [0.1, 0.15) is 75.9 Å². The fourth-order valence-electron chi connectivity index (χ4n) is 11.7. The van der Waals surface area contributed by atoms with Crippen LogP contribution >= 0.6 is 0 Å². The van der Waals surface area contributed by atoms with E-state index in [1.165, 1.54) is 123 Å². The molecule has 1 unspecified atom stereocenters. The summed E-state index contributed by atoms with van der Waals surface area (Å²) < 4.78 is 0. The first-order valence-corrected chi connectivity index (χ1v) is 25.4. The van der Waals surface area contributed by atoms with Gasteiger partial charge in [0.1, 0.15) is 0 Å². The molecule has 9 aromatic rings. The number of anilines is 5. The minimum absolute atomic E-state index is 0.437. The van der Waals surface area contributed by atoms with E-state index in [1.54, 1.807) is 0 Å². The van der Waals surface area contributed by atoms with Gasteiger partial charge < -0.3 is 9.80 Å². The van der Waals surface area contributed by atoms with Gasteiger partial charge in [-0.25, -0.2) is 0 Å². The Morgan fingerprint density at radius 3 is 1.13 bits per heavy atom. The van der Waals surface area contributed by atoms with Crippen LogP contribution < -0.4 is 9.80 Å². The topological polar surface area (TPSA) is 6.48 Å². The highest BCUT2D eigenvalue weighted by molar-refractivity contribution is 5.99. The molecule has 0 fully saturated rings. The van der Waals surface area contributed by atoms with Gasteiger partial charge in [0.2, 0.25) is 0 Å². The van der Waals surface area contributed by atoms with E-state index < -0.39 is 5.41 Å². The van der Waals surface area contributed by atoms with E-state index in [-0.39, 0.29) is 0 Å². The lowest BCUT2D eigenvalue weighted by atomic mass is 9.69. The Morgan fingerprint density at radius 2 is 0.704 bits per heavy atom. The van der Waals surface area contributed by atoms with Crippen molar-refractivity contribution in [1.82, 2.24) is 0 Å². The zero-order chi connectivity index (χ0) is 48.7. The maximum Gasteiger partial charge on any atom is 0.0727 e. The molecule has 12 rings (SSSR count). The number of allylic oxidation sites excluding steroid dienone is 4. The third kappa shape index (κ3) is 7.22. The van der Waals surface area contributed by atoms with Crippen LogP contribution in [0.4, 0.5) is 28.4 Å². The summed E-state index contributed by atoms with van der Waals surface area (Å²) in [5.41, 5.74) is 30.8. The van der Waals surface area contributed by atoms with E-state index >= 15 is 0 Å². The predicted octanol–water partition coefficient (Wildman–Crippen LogP) is 18.7. The van der Waals surface area contributed by atoms with Crippen LogP contribution in [0.15, 0.2) is 211 Å². The summed E-state index contributed by atoms with van der Waals surface area (Å²) in [6, 6.07) is 71.9. The van der Waals surface area contributed by atoms with E-state index in [2.05, 4.69) is 265 Å². The molecule has 1 atom stereocenters. The quantitative estimate of drug-likeness (QED) is 0.150. The second kappa shape index (κ2) is 17.2. The van der Waals surface area contributed by atoms with Crippen LogP contribution in [-0.2, 0) is 5.41 Å². The molecule has 2 heteroatoms. The van der Waals surface area contributed by atoms with Gasteiger partial charge in [0, 0.05) is 34.1 Å². The summed E-state index contributed by atoms with van der Waals surface area (Å²) in [5.74, 6) is 0.437. The lowest BCUT2D eigenvalue weighted by Gasteiger charge is -2.35. The van der Waals surface area contributed by atoms with E-state index in [4.69, 9.17) is 0 Å². The molecule has 0 aliphatic heterocycles. The molecule has 0 aromatic heterocycles. The van der Waals surface area contributed by atoms with E-state index in [1.807, 2.05) is 0 Å². The average molecular weight is 917 g/mol. The highest BCUT2D eigenvalue weighted by atomic mass is 15.2. The standard InChI is InChI=1S/C69H60N2/c1-43-19-25-55(35-47(43)5)70(56-26-20-44(2)48(6)36-56)59-29-33-63-64-34-30-60(71(57-27-21-45(3)49(7)37-57)58-28-22-46(4)50(8)38-58)42-68(64)69(67(63)41-59)65-39-53(51-15-11-9-12-16-51)23-31-61(65)62-32-24-54(40-66(62)69)52-17-13-10-14-18-52/h9-37,39-42,50H,38H2,1-8H3. The van der Waals surface area contributed by atoms with Crippen molar-refractivity contribution in [3.05, 3.63) is 267 Å². The van der Waals surface area contributed by atoms with E-state index in [9.17, 15) is 0 Å². The van der Waals surface area contributed by atoms with Crippen LogP contribution in [0.5, 0.6) is 0 Å². The lowest BCUT2D eigenvalue weighted by Crippen LogP contribution is -2.27. The maximum atomic E-state index is 2.56. The molecular formula is C69H60N2. The van der Waals surface area contributed by atoms with E-state index in [0.29, 0.717) is 5.92 Å². The third-order valence-electron chi connectivity index (χ3n) is 16.3. The van der Waals surface area contributed by atoms with Crippen molar-refractivity contribution in [3.8, 4) is 44.5 Å². The lowest BCUT2D eigenvalue weighted by molar-refractivity contribution is 0.653. The van der Waals surface area contributed by atoms with E-state index in [0.717, 1.165) is 23.5 Å². The number of hydrogen-bond donors (Lipinski definition) is 0. The molecule has 346 valence electrons. The second-order valence-electron chi connectivity index (χ2n) is 20.6. The summed E-state index contributed by atoms with van der Waals surface area (Å²) in [5, 5.41) is 0. The molecule has 1 spiro atoms. The molecule has 0 heterocycles. The van der Waals surface area contributed by atoms with Crippen molar-refractivity contribution in [2.75, 3.05) is 9.80 Å². The maximum absolute atomic E-state index is 2.56. The second-order valence-corrected chi connectivity index (χ2v) is 20.6. The first kappa shape index (κ1) is 44.3. The number of nitrogens with zero attached hydrogens (tertiary/aromatic N) is 2. The van der Waals surface area contributed by atoms with Crippen LogP contribution in [0, 0.1) is 47.5 Å². The minimum Gasteiger partial charge on any atom is -0.314 e. The van der Waals surface area contributed by atoms with Crippen LogP contribution in [0.25, 0.3) is 44.5 Å². The highest BCUT2D eigenvalue weighted by Gasteiger charge is 2.52. The van der Waals surface area contributed by atoms with Gasteiger partial charge in [-0.15, -0.1) is 0 Å². The fourth-order valence-corrected chi connectivity index (χ4v) is 11.7. The summed E-state index contributed by atoms with van der Waals surface area (Å²) >= 11 is 0. The summed E-state index contributed by atoms with van der Waals surface area (Å²) in [7, 11) is 0. The Bertz CT molecular complexity index is 3520. The SMILES string of the molecule is CC1=CC=C(N(c2ccc(C)c(C)c2)c2ccc3c(c2)C2(c4cc(-c5ccccc5)ccc4-c4ccc(-c5ccccc5)cc42)c2cc(N(c4ccc(C)c(C)c4)c4ccc(C)c(C)c4)ccc2-3)CC1C. The Hall–Kier alpha value is -7.94. The Labute approximate surface area is 420 Å². The average Bonchev–Trinajstić information content (AvgIpc) is 3.84. The van der Waals surface area contributed by atoms with Gasteiger partial charge in [0.05, 0.1) is 5.41 Å². The molecule has 2 nitrogen and oxygen atoms in total. The zero-order valence-corrected chi connectivity index (χ0v) is 42.2. The smallest absolute Gasteiger partial charge is 0.0727 e. The van der Waals surface area contributed by atoms with Crippen molar-refractivity contribution in [1.29, 1.82) is 0 Å². The van der Waals surface area contributed by atoms with Crippen molar-refractivity contribution in [2.45, 2.75) is 67.2 Å². The molecule has 0 bridgehead atoms. The number of fused-ring (bicyclic) bond motifs is 10. The predicted molar refractivity (Wildman–Crippen MR) is 301 cm³/mol. The van der Waals surface area contributed by atoms with Gasteiger partial charge in [-0.1, -0.05) is 134 Å². The fraction of sp³-hybridized carbons (Fsp3) is 0.159. The van der Waals surface area contributed by atoms with Gasteiger partial charge >= 0.3 is 0 Å². The number of hydrogen-bond acceptors (Lipinski definition) is 2. The molecule has 0 amide bonds. The molecule has 3 aliphatic carbocycles. The first-order valence-electron chi connectivity index (χ1n) is 25.4. The normalized spacial score (nSPS) is 14.8. The molecule has 0 radical (unpaired) electrons. The third-order valence-corrected chi connectivity index (χ3v) is 16.3. The van der Waals surface area contributed by atoms with Crippen LogP contribution in [0.3, 0.4) is 0 Å². The number of benzene rings is 9. The van der Waals surface area contributed by atoms with Crippen molar-refractivity contribution in [2.24, 2.45) is 5.92 Å². The Morgan fingerprint density at radius 1 is 0.338 bits per heavy atom. The highest BCUT2D eigenvalue weighted by Crippen LogP contribution is 2.65. The first-order chi connectivity index (χ1) is 34.5. The monoisotopic (exact) mass is 916 g/mol. The molecule has 0 saturated carbocycles. The van der Waals surface area contributed by atoms with Gasteiger partial charge in [-0.3, -0.25) is 0 Å². The molecule has 9 aromatic carbocycles. The van der Waals surface area contributed by atoms with Gasteiger partial charge in [-0.2, -0.15) is 0 Å². The Balaban J connectivity index is 1.18. The van der Waals surface area contributed by atoms with Crippen molar-refractivity contribution in [3.63, 3.8) is 0 Å². The Kier molecular flexibility index (Phi) is 10.7.